The summed E-state index contributed by atoms with van der Waals surface area (Å²) in [6, 6.07) is 9.35. The maximum Gasteiger partial charge on any atom is 0.253 e. The Morgan fingerprint density at radius 2 is 1.81 bits per heavy atom. The number of anilines is 1. The number of piperazine rings is 1. The summed E-state index contributed by atoms with van der Waals surface area (Å²) in [6.45, 7) is 2.76. The van der Waals surface area contributed by atoms with Crippen molar-refractivity contribution in [1.29, 1.82) is 0 Å². The van der Waals surface area contributed by atoms with Crippen LogP contribution in [0, 0.1) is 0 Å². The molecule has 0 radical (unpaired) electrons. The lowest BCUT2D eigenvalue weighted by atomic mass is 10.2. The van der Waals surface area contributed by atoms with Crippen molar-refractivity contribution in [3.63, 3.8) is 0 Å². The van der Waals surface area contributed by atoms with E-state index < -0.39 is 0 Å². The number of hydrogen-bond acceptors (Lipinski definition) is 4. The van der Waals surface area contributed by atoms with Gasteiger partial charge in [-0.1, -0.05) is 29.8 Å². The van der Waals surface area contributed by atoms with Gasteiger partial charge in [-0.3, -0.25) is 4.79 Å². The molecule has 21 heavy (non-hydrogen) atoms. The van der Waals surface area contributed by atoms with Gasteiger partial charge in [-0.05, 0) is 12.1 Å². The molecule has 1 fully saturated rings. The summed E-state index contributed by atoms with van der Waals surface area (Å²) in [5.41, 5.74) is 0.728. The van der Waals surface area contributed by atoms with E-state index in [1.165, 1.54) is 6.33 Å². The SMILES string of the molecule is O=C(c1ccccc1)N1CCN(c2ncncc2Cl)CC1. The monoisotopic (exact) mass is 302 g/mol. The van der Waals surface area contributed by atoms with Gasteiger partial charge in [0.25, 0.3) is 5.91 Å². The van der Waals surface area contributed by atoms with E-state index in [1.54, 1.807) is 6.20 Å². The van der Waals surface area contributed by atoms with Gasteiger partial charge in [-0.25, -0.2) is 9.97 Å². The summed E-state index contributed by atoms with van der Waals surface area (Å²) in [4.78, 5) is 24.4. The molecule has 6 heteroatoms. The molecule has 1 amide bonds. The molecule has 0 N–H and O–H groups in total. The Morgan fingerprint density at radius 1 is 1.10 bits per heavy atom. The smallest absolute Gasteiger partial charge is 0.253 e. The number of amides is 1. The van der Waals surface area contributed by atoms with Gasteiger partial charge in [0.1, 0.15) is 11.3 Å². The molecule has 0 aliphatic carbocycles. The van der Waals surface area contributed by atoms with E-state index in [2.05, 4.69) is 14.9 Å². The average Bonchev–Trinajstić information content (AvgIpc) is 2.56. The van der Waals surface area contributed by atoms with Gasteiger partial charge in [-0.2, -0.15) is 0 Å². The third-order valence-electron chi connectivity index (χ3n) is 3.54. The highest BCUT2D eigenvalue weighted by Gasteiger charge is 2.23. The number of halogens is 1. The maximum absolute atomic E-state index is 12.4. The van der Waals surface area contributed by atoms with Crippen LogP contribution in [0.2, 0.25) is 5.02 Å². The predicted octanol–water partition coefficient (Wildman–Crippen LogP) is 2.09. The molecule has 1 aliphatic heterocycles. The van der Waals surface area contributed by atoms with Crippen LogP contribution in [0.5, 0.6) is 0 Å². The van der Waals surface area contributed by atoms with Crippen LogP contribution in [0.1, 0.15) is 10.4 Å². The van der Waals surface area contributed by atoms with Crippen LogP contribution in [0.15, 0.2) is 42.9 Å². The summed E-state index contributed by atoms with van der Waals surface area (Å²) in [7, 11) is 0. The van der Waals surface area contributed by atoms with Gasteiger partial charge in [0, 0.05) is 31.7 Å². The molecular weight excluding hydrogens is 288 g/mol. The molecule has 1 saturated heterocycles. The lowest BCUT2D eigenvalue weighted by Crippen LogP contribution is -2.49. The van der Waals surface area contributed by atoms with E-state index >= 15 is 0 Å². The van der Waals surface area contributed by atoms with E-state index in [4.69, 9.17) is 11.6 Å². The Labute approximate surface area is 128 Å². The zero-order chi connectivity index (χ0) is 14.7. The Bertz CT molecular complexity index is 627. The standard InChI is InChI=1S/C15H15ClN4O/c16-13-10-17-11-18-14(13)19-6-8-20(9-7-19)15(21)12-4-2-1-3-5-12/h1-5,10-11H,6-9H2. The van der Waals surface area contributed by atoms with Gasteiger partial charge in [0.05, 0.1) is 6.20 Å². The molecule has 2 aromatic rings. The summed E-state index contributed by atoms with van der Waals surface area (Å²) in [5.74, 6) is 0.808. The fourth-order valence-electron chi connectivity index (χ4n) is 2.42. The van der Waals surface area contributed by atoms with Crippen molar-refractivity contribution in [3.05, 3.63) is 53.4 Å². The second kappa shape index (κ2) is 6.10. The number of carbonyl (C=O) groups is 1. The number of nitrogens with zero attached hydrogens (tertiary/aromatic N) is 4. The minimum absolute atomic E-state index is 0.0732. The van der Waals surface area contributed by atoms with Crippen LogP contribution in [0.4, 0.5) is 5.82 Å². The zero-order valence-corrected chi connectivity index (χ0v) is 12.2. The van der Waals surface area contributed by atoms with Gasteiger partial charge in [0.2, 0.25) is 0 Å². The predicted molar refractivity (Wildman–Crippen MR) is 81.6 cm³/mol. The molecule has 5 nitrogen and oxygen atoms in total. The van der Waals surface area contributed by atoms with Crippen molar-refractivity contribution in [2.45, 2.75) is 0 Å². The first-order valence-corrected chi connectivity index (χ1v) is 7.18. The third-order valence-corrected chi connectivity index (χ3v) is 3.80. The first-order valence-electron chi connectivity index (χ1n) is 6.80. The highest BCUT2D eigenvalue weighted by Crippen LogP contribution is 2.22. The topological polar surface area (TPSA) is 49.3 Å². The van der Waals surface area contributed by atoms with Crippen LogP contribution < -0.4 is 4.90 Å². The summed E-state index contributed by atoms with van der Waals surface area (Å²) >= 11 is 6.11. The molecule has 3 rings (SSSR count). The Morgan fingerprint density at radius 3 is 2.48 bits per heavy atom. The summed E-state index contributed by atoms with van der Waals surface area (Å²) in [5, 5.41) is 0.542. The van der Waals surface area contributed by atoms with E-state index in [0.717, 1.165) is 24.5 Å². The maximum atomic E-state index is 12.4. The number of hydrogen-bond donors (Lipinski definition) is 0. The number of aromatic nitrogens is 2. The van der Waals surface area contributed by atoms with Crippen LogP contribution >= 0.6 is 11.6 Å². The van der Waals surface area contributed by atoms with Crippen molar-refractivity contribution in [2.24, 2.45) is 0 Å². The molecule has 0 saturated carbocycles. The minimum atomic E-state index is 0.0732. The van der Waals surface area contributed by atoms with E-state index in [9.17, 15) is 4.79 Å². The summed E-state index contributed by atoms with van der Waals surface area (Å²) < 4.78 is 0. The molecule has 1 aromatic carbocycles. The molecule has 1 aliphatic rings. The van der Waals surface area contributed by atoms with E-state index in [-0.39, 0.29) is 5.91 Å². The van der Waals surface area contributed by atoms with Crippen molar-refractivity contribution in [3.8, 4) is 0 Å². The van der Waals surface area contributed by atoms with Crippen molar-refractivity contribution in [2.75, 3.05) is 31.1 Å². The van der Waals surface area contributed by atoms with E-state index in [1.807, 2.05) is 35.2 Å². The molecule has 0 spiro atoms. The average molecular weight is 303 g/mol. The fourth-order valence-corrected chi connectivity index (χ4v) is 2.65. The van der Waals surface area contributed by atoms with Crippen LogP contribution in [0.25, 0.3) is 0 Å². The molecule has 0 unspecified atom stereocenters. The van der Waals surface area contributed by atoms with Gasteiger partial charge in [-0.15, -0.1) is 0 Å². The quantitative estimate of drug-likeness (QED) is 0.852. The minimum Gasteiger partial charge on any atom is -0.352 e. The van der Waals surface area contributed by atoms with Crippen LogP contribution in [-0.4, -0.2) is 47.0 Å². The highest BCUT2D eigenvalue weighted by atomic mass is 35.5. The number of benzene rings is 1. The van der Waals surface area contributed by atoms with Crippen molar-refractivity contribution < 1.29 is 4.79 Å². The summed E-state index contributed by atoms with van der Waals surface area (Å²) in [6.07, 6.45) is 3.08. The molecule has 108 valence electrons. The first-order chi connectivity index (χ1) is 10.3. The molecule has 1 aromatic heterocycles. The molecule has 2 heterocycles. The Kier molecular flexibility index (Phi) is 4.01. The second-order valence-electron chi connectivity index (χ2n) is 4.84. The fraction of sp³-hybridized carbons (Fsp3) is 0.267. The van der Waals surface area contributed by atoms with E-state index in [0.29, 0.717) is 18.1 Å². The zero-order valence-electron chi connectivity index (χ0n) is 11.4. The van der Waals surface area contributed by atoms with Crippen LogP contribution in [-0.2, 0) is 0 Å². The Balaban J connectivity index is 1.66. The molecular formula is C15H15ClN4O. The van der Waals surface area contributed by atoms with Crippen molar-refractivity contribution >= 4 is 23.3 Å². The lowest BCUT2D eigenvalue weighted by Gasteiger charge is -2.35. The third kappa shape index (κ3) is 2.97. The number of carbonyl (C=O) groups excluding carboxylic acids is 1. The van der Waals surface area contributed by atoms with Gasteiger partial charge in [0.15, 0.2) is 5.82 Å². The van der Waals surface area contributed by atoms with Crippen molar-refractivity contribution in [1.82, 2.24) is 14.9 Å². The molecule has 0 bridgehead atoms. The van der Waals surface area contributed by atoms with Crippen LogP contribution in [0.3, 0.4) is 0 Å². The molecule has 0 atom stereocenters. The highest BCUT2D eigenvalue weighted by molar-refractivity contribution is 6.32. The van der Waals surface area contributed by atoms with Gasteiger partial charge >= 0.3 is 0 Å². The first kappa shape index (κ1) is 13.8. The largest absolute Gasteiger partial charge is 0.352 e. The normalized spacial score (nSPS) is 15.1. The second-order valence-corrected chi connectivity index (χ2v) is 5.25. The van der Waals surface area contributed by atoms with Gasteiger partial charge < -0.3 is 9.80 Å². The Hall–Kier alpha value is -2.14. The number of rotatable bonds is 2. The lowest BCUT2D eigenvalue weighted by molar-refractivity contribution is 0.0746.